The smallest absolute Gasteiger partial charge is 0.344 e. The van der Waals surface area contributed by atoms with E-state index in [-0.39, 0.29) is 12.3 Å². The van der Waals surface area contributed by atoms with Gasteiger partial charge in [0.05, 0.1) is 11.4 Å². The maximum atomic E-state index is 17.5. The second-order valence-electron chi connectivity index (χ2n) is 12.0. The number of carbonyl (C=O) groups is 1. The Balaban J connectivity index is 1.94. The van der Waals surface area contributed by atoms with Crippen molar-refractivity contribution >= 4 is 17.6 Å². The van der Waals surface area contributed by atoms with E-state index < -0.39 is 69.5 Å². The van der Waals surface area contributed by atoms with Crippen LogP contribution in [0.2, 0.25) is 0 Å². The molecular formula is C26H34ClF4NO2. The molecule has 5 aliphatic rings. The van der Waals surface area contributed by atoms with Crippen molar-refractivity contribution in [1.29, 1.82) is 5.26 Å². The Morgan fingerprint density at radius 2 is 1.38 bits per heavy atom. The first-order chi connectivity index (χ1) is 15.9. The molecule has 0 spiro atoms. The molecule has 6 atom stereocenters. The minimum atomic E-state index is -4.01. The Morgan fingerprint density at radius 3 is 1.74 bits per heavy atom. The standard InChI is InChI=1S/C26H34ClF4NO2/c1-21(16-9-4-10-16)19(27)26(31,20(33)34)22(15-32,23(28)13-6-14-24(23,29)30)25(21,18-11-5-12-18)17-7-2-3-8-17/h16-19H,2-14H2,1H3,(H,33,34). The summed E-state index contributed by atoms with van der Waals surface area (Å²) in [5.41, 5.74) is -13.2. The molecule has 190 valence electrons. The van der Waals surface area contributed by atoms with Crippen molar-refractivity contribution in [2.75, 3.05) is 0 Å². The van der Waals surface area contributed by atoms with E-state index >= 15 is 17.6 Å². The van der Waals surface area contributed by atoms with E-state index in [2.05, 4.69) is 0 Å². The summed E-state index contributed by atoms with van der Waals surface area (Å²) in [6.07, 6.45) is 4.96. The lowest BCUT2D eigenvalue weighted by atomic mass is 9.36. The van der Waals surface area contributed by atoms with Crippen molar-refractivity contribution in [3.63, 3.8) is 0 Å². The second kappa shape index (κ2) is 7.49. The number of halogens is 5. The maximum Gasteiger partial charge on any atom is 0.344 e. The summed E-state index contributed by atoms with van der Waals surface area (Å²) in [5.74, 6) is -7.11. The van der Waals surface area contributed by atoms with Gasteiger partial charge < -0.3 is 5.11 Å². The van der Waals surface area contributed by atoms with Crippen molar-refractivity contribution < 1.29 is 27.5 Å². The molecular weight excluding hydrogens is 470 g/mol. The summed E-state index contributed by atoms with van der Waals surface area (Å²) in [5, 5.41) is 19.5. The molecule has 5 fully saturated rings. The molecule has 0 aromatic carbocycles. The fourth-order valence-corrected chi connectivity index (χ4v) is 10.3. The molecule has 6 unspecified atom stereocenters. The van der Waals surface area contributed by atoms with E-state index in [9.17, 15) is 15.2 Å². The number of hydrogen-bond acceptors (Lipinski definition) is 2. The Hall–Kier alpha value is -1.03. The lowest BCUT2D eigenvalue weighted by Gasteiger charge is -2.66. The van der Waals surface area contributed by atoms with Crippen LogP contribution >= 0.6 is 11.6 Å². The summed E-state index contributed by atoms with van der Waals surface area (Å²) in [7, 11) is 0. The SMILES string of the molecule is CC1(C2CCC2)C(Cl)C(F)(C(=O)O)C(C#N)(C2(F)CCCC2(F)F)C1(C1CCCC1)C1CCC1. The molecule has 0 aromatic rings. The molecule has 0 aliphatic heterocycles. The molecule has 34 heavy (non-hydrogen) atoms. The van der Waals surface area contributed by atoms with Gasteiger partial charge in [-0.3, -0.25) is 0 Å². The number of alkyl halides is 5. The largest absolute Gasteiger partial charge is 0.479 e. The average molecular weight is 504 g/mol. The highest BCUT2D eigenvalue weighted by Crippen LogP contribution is 2.85. The second-order valence-corrected chi connectivity index (χ2v) is 12.4. The molecule has 1 N–H and O–H groups in total. The number of aliphatic carboxylic acids is 1. The highest BCUT2D eigenvalue weighted by molar-refractivity contribution is 6.24. The van der Waals surface area contributed by atoms with Crippen LogP contribution in [-0.4, -0.2) is 33.7 Å². The predicted molar refractivity (Wildman–Crippen MR) is 119 cm³/mol. The number of carboxylic acids is 1. The normalized spacial score (nSPS) is 49.5. The van der Waals surface area contributed by atoms with Gasteiger partial charge in [0.25, 0.3) is 5.92 Å². The van der Waals surface area contributed by atoms with Gasteiger partial charge in [0.1, 0.15) is 0 Å². The van der Waals surface area contributed by atoms with E-state index in [4.69, 9.17) is 11.6 Å². The fraction of sp³-hybridized carbons (Fsp3) is 0.923. The third kappa shape index (κ3) is 2.30. The topological polar surface area (TPSA) is 61.1 Å². The summed E-state index contributed by atoms with van der Waals surface area (Å²) >= 11 is 6.90. The number of nitrogens with zero attached hydrogens (tertiary/aromatic N) is 1. The van der Waals surface area contributed by atoms with Crippen LogP contribution in [0.3, 0.4) is 0 Å². The number of rotatable bonds is 5. The maximum absolute atomic E-state index is 17.5. The van der Waals surface area contributed by atoms with Crippen LogP contribution in [0.25, 0.3) is 0 Å². The summed E-state index contributed by atoms with van der Waals surface area (Å²) in [6.45, 7) is 1.73. The third-order valence-corrected chi connectivity index (χ3v) is 12.1. The van der Waals surface area contributed by atoms with Crippen LogP contribution < -0.4 is 0 Å². The zero-order chi connectivity index (χ0) is 24.8. The Kier molecular flexibility index (Phi) is 5.43. The van der Waals surface area contributed by atoms with E-state index in [1.54, 1.807) is 13.0 Å². The van der Waals surface area contributed by atoms with Crippen LogP contribution in [0.4, 0.5) is 17.6 Å². The van der Waals surface area contributed by atoms with Gasteiger partial charge in [0.15, 0.2) is 11.1 Å². The predicted octanol–water partition coefficient (Wildman–Crippen LogP) is 7.22. The van der Waals surface area contributed by atoms with Gasteiger partial charge in [-0.2, -0.15) is 5.26 Å². The van der Waals surface area contributed by atoms with Crippen LogP contribution in [-0.2, 0) is 4.79 Å². The van der Waals surface area contributed by atoms with Gasteiger partial charge in [0.2, 0.25) is 5.67 Å². The van der Waals surface area contributed by atoms with Crippen LogP contribution in [0, 0.1) is 45.3 Å². The van der Waals surface area contributed by atoms with E-state index in [1.807, 2.05) is 0 Å². The molecule has 0 aromatic heterocycles. The lowest BCUT2D eigenvalue weighted by molar-refractivity contribution is -0.266. The highest BCUT2D eigenvalue weighted by Gasteiger charge is 2.95. The van der Waals surface area contributed by atoms with Gasteiger partial charge in [-0.05, 0) is 74.5 Å². The Morgan fingerprint density at radius 1 is 0.882 bits per heavy atom. The lowest BCUT2D eigenvalue weighted by Crippen LogP contribution is -2.73. The number of hydrogen-bond donors (Lipinski definition) is 1. The Labute approximate surface area is 203 Å². The van der Waals surface area contributed by atoms with Gasteiger partial charge >= 0.3 is 5.97 Å². The fourth-order valence-electron chi connectivity index (χ4n) is 9.68. The zero-order valence-electron chi connectivity index (χ0n) is 19.7. The monoisotopic (exact) mass is 503 g/mol. The highest BCUT2D eigenvalue weighted by atomic mass is 35.5. The van der Waals surface area contributed by atoms with Crippen molar-refractivity contribution in [1.82, 2.24) is 0 Å². The molecule has 5 saturated carbocycles. The molecule has 5 rings (SSSR count). The van der Waals surface area contributed by atoms with Gasteiger partial charge in [0, 0.05) is 11.8 Å². The van der Waals surface area contributed by atoms with Gasteiger partial charge in [-0.25, -0.2) is 22.4 Å². The quantitative estimate of drug-likeness (QED) is 0.318. The average Bonchev–Trinajstić information content (AvgIpc) is 3.34. The van der Waals surface area contributed by atoms with Gasteiger partial charge in [-0.15, -0.1) is 11.6 Å². The molecule has 0 bridgehead atoms. The van der Waals surface area contributed by atoms with Crippen molar-refractivity contribution in [2.45, 2.75) is 113 Å². The first-order valence-electron chi connectivity index (χ1n) is 13.0. The first kappa shape index (κ1) is 24.7. The molecule has 3 nitrogen and oxygen atoms in total. The van der Waals surface area contributed by atoms with Crippen LogP contribution in [0.15, 0.2) is 0 Å². The Bertz CT molecular complexity index is 913. The third-order valence-electron chi connectivity index (χ3n) is 11.3. The molecule has 0 heterocycles. The van der Waals surface area contributed by atoms with E-state index in [0.717, 1.165) is 25.7 Å². The number of carboxylic acid groups (broad SMARTS) is 1. The minimum Gasteiger partial charge on any atom is -0.479 e. The van der Waals surface area contributed by atoms with Crippen LogP contribution in [0.1, 0.15) is 90.4 Å². The molecule has 8 heteroatoms. The zero-order valence-corrected chi connectivity index (χ0v) is 20.5. The van der Waals surface area contributed by atoms with E-state index in [0.29, 0.717) is 38.5 Å². The molecule has 0 radical (unpaired) electrons. The van der Waals surface area contributed by atoms with Crippen molar-refractivity contribution in [3.8, 4) is 6.07 Å². The van der Waals surface area contributed by atoms with Gasteiger partial charge in [-0.1, -0.05) is 32.6 Å². The molecule has 0 saturated heterocycles. The minimum absolute atomic E-state index is 0.221. The molecule has 5 aliphatic carbocycles. The van der Waals surface area contributed by atoms with E-state index in [1.165, 1.54) is 0 Å². The van der Waals surface area contributed by atoms with Crippen molar-refractivity contribution in [2.24, 2.45) is 34.0 Å². The summed E-state index contributed by atoms with van der Waals surface area (Å²) in [4.78, 5) is 12.8. The number of nitriles is 1. The van der Waals surface area contributed by atoms with Crippen LogP contribution in [0.5, 0.6) is 0 Å². The molecule has 0 amide bonds. The van der Waals surface area contributed by atoms with Crippen molar-refractivity contribution in [3.05, 3.63) is 0 Å². The summed E-state index contributed by atoms with van der Waals surface area (Å²) in [6, 6.07) is 1.80. The summed E-state index contributed by atoms with van der Waals surface area (Å²) < 4.78 is 66.2. The first-order valence-corrected chi connectivity index (χ1v) is 13.4.